The van der Waals surface area contributed by atoms with E-state index < -0.39 is 0 Å². The maximum atomic E-state index is 5.35. The average Bonchev–Trinajstić information content (AvgIpc) is 3.10. The van der Waals surface area contributed by atoms with E-state index in [0.717, 1.165) is 43.4 Å². The Morgan fingerprint density at radius 3 is 2.89 bits per heavy atom. The lowest BCUT2D eigenvalue weighted by Crippen LogP contribution is -2.33. The molecular formula is C20H24N6O. The second kappa shape index (κ2) is 7.75. The molecule has 0 saturated carbocycles. The van der Waals surface area contributed by atoms with Gasteiger partial charge in [0.25, 0.3) is 0 Å². The first-order valence-corrected chi connectivity index (χ1v) is 9.12. The Hall–Kier alpha value is -2.93. The van der Waals surface area contributed by atoms with Crippen molar-refractivity contribution in [1.82, 2.24) is 24.6 Å². The summed E-state index contributed by atoms with van der Waals surface area (Å²) in [4.78, 5) is 10.7. The van der Waals surface area contributed by atoms with Crippen LogP contribution in [-0.2, 0) is 26.2 Å². The number of aromatic nitrogens is 4. The standard InChI is InChI=1S/C20H24N6O/c1-15-9-16(3-4-19(15)27-2)13-25-7-8-26-18(14-25)10-17(24-26)11-23-20-12-21-5-6-22-20/h3-6,9-10,12H,7-8,11,13-14H2,1-2H3,(H,22,23). The van der Waals surface area contributed by atoms with Crippen LogP contribution in [0.4, 0.5) is 5.82 Å². The maximum absolute atomic E-state index is 5.35. The lowest BCUT2D eigenvalue weighted by atomic mass is 10.1. The van der Waals surface area contributed by atoms with E-state index in [-0.39, 0.29) is 0 Å². The van der Waals surface area contributed by atoms with Crippen molar-refractivity contribution in [3.05, 3.63) is 65.4 Å². The molecule has 0 aliphatic carbocycles. The highest BCUT2D eigenvalue weighted by Gasteiger charge is 2.18. The Kier molecular flexibility index (Phi) is 5.02. The zero-order chi connectivity index (χ0) is 18.6. The number of hydrogen-bond acceptors (Lipinski definition) is 6. The number of nitrogens with one attached hydrogen (secondary N) is 1. The quantitative estimate of drug-likeness (QED) is 0.725. The molecule has 1 N–H and O–H groups in total. The van der Waals surface area contributed by atoms with Gasteiger partial charge in [-0.15, -0.1) is 0 Å². The number of nitrogens with zero attached hydrogens (tertiary/aromatic N) is 5. The van der Waals surface area contributed by atoms with Crippen molar-refractivity contribution in [2.24, 2.45) is 0 Å². The maximum Gasteiger partial charge on any atom is 0.144 e. The van der Waals surface area contributed by atoms with Crippen molar-refractivity contribution in [1.29, 1.82) is 0 Å². The third-order valence-electron chi connectivity index (χ3n) is 4.81. The number of ether oxygens (including phenoxy) is 1. The van der Waals surface area contributed by atoms with Crippen LogP contribution in [0.2, 0.25) is 0 Å². The first-order valence-electron chi connectivity index (χ1n) is 9.12. The van der Waals surface area contributed by atoms with E-state index in [4.69, 9.17) is 9.84 Å². The minimum absolute atomic E-state index is 0.649. The molecule has 7 nitrogen and oxygen atoms in total. The summed E-state index contributed by atoms with van der Waals surface area (Å²) < 4.78 is 7.47. The summed E-state index contributed by atoms with van der Waals surface area (Å²) in [5.74, 6) is 1.70. The molecule has 0 saturated heterocycles. The SMILES string of the molecule is COc1ccc(CN2CCn3nc(CNc4cnccn4)cc3C2)cc1C. The second-order valence-electron chi connectivity index (χ2n) is 6.81. The zero-order valence-corrected chi connectivity index (χ0v) is 15.7. The Bertz CT molecular complexity index is 908. The number of aryl methyl sites for hydroxylation is 1. The molecule has 1 aliphatic rings. The van der Waals surface area contributed by atoms with E-state index in [9.17, 15) is 0 Å². The van der Waals surface area contributed by atoms with Crippen LogP contribution in [-0.4, -0.2) is 38.3 Å². The van der Waals surface area contributed by atoms with Crippen LogP contribution in [0.5, 0.6) is 5.75 Å². The smallest absolute Gasteiger partial charge is 0.144 e. The van der Waals surface area contributed by atoms with Crippen molar-refractivity contribution in [2.75, 3.05) is 19.0 Å². The summed E-state index contributed by atoms with van der Waals surface area (Å²) >= 11 is 0. The Balaban J connectivity index is 1.38. The van der Waals surface area contributed by atoms with Gasteiger partial charge in [0.05, 0.1) is 37.8 Å². The van der Waals surface area contributed by atoms with Gasteiger partial charge in [0.2, 0.25) is 0 Å². The first-order chi connectivity index (χ1) is 13.2. The Morgan fingerprint density at radius 2 is 2.11 bits per heavy atom. The van der Waals surface area contributed by atoms with Gasteiger partial charge < -0.3 is 10.1 Å². The molecular weight excluding hydrogens is 340 g/mol. The van der Waals surface area contributed by atoms with Gasteiger partial charge in [-0.2, -0.15) is 5.10 Å². The Morgan fingerprint density at radius 1 is 1.19 bits per heavy atom. The third-order valence-corrected chi connectivity index (χ3v) is 4.81. The van der Waals surface area contributed by atoms with E-state index >= 15 is 0 Å². The Labute approximate surface area is 159 Å². The van der Waals surface area contributed by atoms with Gasteiger partial charge in [0.15, 0.2) is 0 Å². The van der Waals surface area contributed by atoms with Crippen molar-refractivity contribution in [2.45, 2.75) is 33.1 Å². The van der Waals surface area contributed by atoms with E-state index in [2.05, 4.69) is 56.1 Å². The van der Waals surface area contributed by atoms with Crippen LogP contribution in [0.25, 0.3) is 0 Å². The normalized spacial score (nSPS) is 14.0. The molecule has 0 spiro atoms. The predicted octanol–water partition coefficient (Wildman–Crippen LogP) is 2.62. The van der Waals surface area contributed by atoms with Crippen LogP contribution in [0, 0.1) is 6.92 Å². The molecule has 1 aliphatic heterocycles. The number of anilines is 1. The van der Waals surface area contributed by atoms with E-state index in [1.54, 1.807) is 25.7 Å². The molecule has 0 amide bonds. The van der Waals surface area contributed by atoms with Gasteiger partial charge in [-0.05, 0) is 30.2 Å². The highest BCUT2D eigenvalue weighted by molar-refractivity contribution is 5.36. The average molecular weight is 364 g/mol. The minimum atomic E-state index is 0.649. The molecule has 0 fully saturated rings. The molecule has 0 radical (unpaired) electrons. The number of rotatable bonds is 6. The molecule has 2 aromatic heterocycles. The fraction of sp³-hybridized carbons (Fsp3) is 0.350. The van der Waals surface area contributed by atoms with Gasteiger partial charge >= 0.3 is 0 Å². The summed E-state index contributed by atoms with van der Waals surface area (Å²) in [6.45, 7) is 6.49. The number of fused-ring (bicyclic) bond motifs is 1. The summed E-state index contributed by atoms with van der Waals surface area (Å²) in [6, 6.07) is 8.58. The number of methoxy groups -OCH3 is 1. The molecule has 3 aromatic rings. The molecule has 4 rings (SSSR count). The fourth-order valence-corrected chi connectivity index (χ4v) is 3.47. The van der Waals surface area contributed by atoms with E-state index in [1.165, 1.54) is 16.8 Å². The molecule has 27 heavy (non-hydrogen) atoms. The van der Waals surface area contributed by atoms with Gasteiger partial charge in [-0.25, -0.2) is 4.98 Å². The lowest BCUT2D eigenvalue weighted by Gasteiger charge is -2.27. The highest BCUT2D eigenvalue weighted by atomic mass is 16.5. The predicted molar refractivity (Wildman–Crippen MR) is 103 cm³/mol. The van der Waals surface area contributed by atoms with E-state index in [0.29, 0.717) is 6.54 Å². The van der Waals surface area contributed by atoms with Crippen molar-refractivity contribution in [3.8, 4) is 5.75 Å². The number of hydrogen-bond donors (Lipinski definition) is 1. The largest absolute Gasteiger partial charge is 0.496 e. The highest BCUT2D eigenvalue weighted by Crippen LogP contribution is 2.21. The van der Waals surface area contributed by atoms with Gasteiger partial charge in [-0.3, -0.25) is 14.6 Å². The zero-order valence-electron chi connectivity index (χ0n) is 15.7. The molecule has 140 valence electrons. The van der Waals surface area contributed by atoms with Crippen molar-refractivity contribution in [3.63, 3.8) is 0 Å². The summed E-state index contributed by atoms with van der Waals surface area (Å²) in [5, 5.41) is 7.97. The topological polar surface area (TPSA) is 68.1 Å². The first kappa shape index (κ1) is 17.5. The van der Waals surface area contributed by atoms with E-state index in [1.807, 2.05) is 0 Å². The summed E-state index contributed by atoms with van der Waals surface area (Å²) in [7, 11) is 1.71. The molecule has 7 heteroatoms. The summed E-state index contributed by atoms with van der Waals surface area (Å²) in [5.41, 5.74) is 4.76. The van der Waals surface area contributed by atoms with Crippen LogP contribution < -0.4 is 10.1 Å². The van der Waals surface area contributed by atoms with Crippen LogP contribution >= 0.6 is 0 Å². The van der Waals surface area contributed by atoms with Crippen molar-refractivity contribution < 1.29 is 4.74 Å². The molecule has 1 aromatic carbocycles. The fourth-order valence-electron chi connectivity index (χ4n) is 3.47. The van der Waals surface area contributed by atoms with Crippen LogP contribution in [0.15, 0.2) is 42.9 Å². The number of benzene rings is 1. The summed E-state index contributed by atoms with van der Waals surface area (Å²) in [6.07, 6.45) is 5.06. The third kappa shape index (κ3) is 4.09. The van der Waals surface area contributed by atoms with Crippen molar-refractivity contribution >= 4 is 5.82 Å². The van der Waals surface area contributed by atoms with Crippen LogP contribution in [0.3, 0.4) is 0 Å². The van der Waals surface area contributed by atoms with Gasteiger partial charge in [0, 0.05) is 32.0 Å². The van der Waals surface area contributed by atoms with Gasteiger partial charge in [-0.1, -0.05) is 12.1 Å². The molecule has 0 unspecified atom stereocenters. The second-order valence-corrected chi connectivity index (χ2v) is 6.81. The molecule has 0 atom stereocenters. The van der Waals surface area contributed by atoms with Gasteiger partial charge in [0.1, 0.15) is 11.6 Å². The molecule has 0 bridgehead atoms. The monoisotopic (exact) mass is 364 g/mol. The lowest BCUT2D eigenvalue weighted by molar-refractivity contribution is 0.205. The molecule has 3 heterocycles. The van der Waals surface area contributed by atoms with Crippen LogP contribution in [0.1, 0.15) is 22.5 Å². The minimum Gasteiger partial charge on any atom is -0.496 e.